The van der Waals surface area contributed by atoms with Crippen LogP contribution in [0.1, 0.15) is 44.6 Å². The van der Waals surface area contributed by atoms with Crippen LogP contribution in [0, 0.1) is 10.1 Å². The second kappa shape index (κ2) is 8.64. The van der Waals surface area contributed by atoms with Gasteiger partial charge in [-0.1, -0.05) is 50.8 Å². The average Bonchev–Trinajstić information content (AvgIpc) is 2.42. The van der Waals surface area contributed by atoms with E-state index in [0.717, 1.165) is 18.4 Å². The van der Waals surface area contributed by atoms with Crippen LogP contribution in [0.5, 0.6) is 0 Å². The number of likely N-dealkylation sites (N-methyl/N-ethyl adjacent to an activating group) is 1. The molecule has 0 radical (unpaired) electrons. The molecule has 1 rings (SSSR count). The molecule has 0 fully saturated rings. The Morgan fingerprint density at radius 2 is 2.00 bits per heavy atom. The SMILES string of the molecule is CCCCCCC(Cc1ccccc1[N+](=O)[O-])NC. The highest BCUT2D eigenvalue weighted by Crippen LogP contribution is 2.20. The number of unbranched alkanes of at least 4 members (excludes halogenated alkanes) is 3. The molecule has 0 aliphatic carbocycles. The summed E-state index contributed by atoms with van der Waals surface area (Å²) in [6, 6.07) is 7.34. The summed E-state index contributed by atoms with van der Waals surface area (Å²) in [6.45, 7) is 2.20. The summed E-state index contributed by atoms with van der Waals surface area (Å²) in [4.78, 5) is 10.7. The minimum absolute atomic E-state index is 0.233. The Labute approximate surface area is 115 Å². The Kier molecular flexibility index (Phi) is 7.11. The van der Waals surface area contributed by atoms with Gasteiger partial charge in [0.1, 0.15) is 0 Å². The predicted molar refractivity (Wildman–Crippen MR) is 78.4 cm³/mol. The normalized spacial score (nSPS) is 12.3. The van der Waals surface area contributed by atoms with Crippen molar-refractivity contribution in [3.05, 3.63) is 39.9 Å². The van der Waals surface area contributed by atoms with E-state index in [1.807, 2.05) is 19.2 Å². The second-order valence-corrected chi connectivity index (χ2v) is 4.92. The fourth-order valence-corrected chi connectivity index (χ4v) is 2.29. The molecule has 0 saturated heterocycles. The summed E-state index contributed by atoms with van der Waals surface area (Å²) >= 11 is 0. The molecule has 1 aromatic carbocycles. The van der Waals surface area contributed by atoms with Gasteiger partial charge in [0, 0.05) is 17.7 Å². The molecule has 106 valence electrons. The molecule has 0 spiro atoms. The number of para-hydroxylation sites is 1. The molecule has 1 aromatic rings. The van der Waals surface area contributed by atoms with Crippen LogP contribution in [0.15, 0.2) is 24.3 Å². The maximum Gasteiger partial charge on any atom is 0.272 e. The number of nitrogens with zero attached hydrogens (tertiary/aromatic N) is 1. The zero-order chi connectivity index (χ0) is 14.1. The lowest BCUT2D eigenvalue weighted by molar-refractivity contribution is -0.385. The van der Waals surface area contributed by atoms with Crippen molar-refractivity contribution in [2.45, 2.75) is 51.5 Å². The first-order valence-electron chi connectivity index (χ1n) is 7.08. The van der Waals surface area contributed by atoms with E-state index in [0.29, 0.717) is 6.04 Å². The maximum absolute atomic E-state index is 11.0. The lowest BCUT2D eigenvalue weighted by atomic mass is 9.99. The summed E-state index contributed by atoms with van der Waals surface area (Å²) in [5, 5.41) is 14.2. The van der Waals surface area contributed by atoms with Crippen LogP contribution in [-0.4, -0.2) is 18.0 Å². The second-order valence-electron chi connectivity index (χ2n) is 4.92. The highest BCUT2D eigenvalue weighted by atomic mass is 16.6. The van der Waals surface area contributed by atoms with E-state index in [1.54, 1.807) is 12.1 Å². The number of nitrogens with one attached hydrogen (secondary N) is 1. The average molecular weight is 264 g/mol. The monoisotopic (exact) mass is 264 g/mol. The van der Waals surface area contributed by atoms with Crippen molar-refractivity contribution in [1.82, 2.24) is 5.32 Å². The molecule has 0 aliphatic rings. The number of rotatable bonds is 9. The topological polar surface area (TPSA) is 55.2 Å². The first-order valence-corrected chi connectivity index (χ1v) is 7.08. The van der Waals surface area contributed by atoms with Crippen LogP contribution in [0.25, 0.3) is 0 Å². The van der Waals surface area contributed by atoms with Crippen LogP contribution < -0.4 is 5.32 Å². The fourth-order valence-electron chi connectivity index (χ4n) is 2.29. The molecule has 0 heterocycles. The Morgan fingerprint density at radius 1 is 1.26 bits per heavy atom. The van der Waals surface area contributed by atoms with Gasteiger partial charge in [-0.15, -0.1) is 0 Å². The van der Waals surface area contributed by atoms with Gasteiger partial charge in [0.25, 0.3) is 5.69 Å². The number of nitro groups is 1. The summed E-state index contributed by atoms with van der Waals surface area (Å²) in [6.07, 6.45) is 6.71. The number of hydrogen-bond donors (Lipinski definition) is 1. The molecule has 0 aromatic heterocycles. The lowest BCUT2D eigenvalue weighted by Crippen LogP contribution is -2.27. The third-order valence-corrected chi connectivity index (χ3v) is 3.47. The van der Waals surface area contributed by atoms with E-state index in [9.17, 15) is 10.1 Å². The van der Waals surface area contributed by atoms with Crippen molar-refractivity contribution < 1.29 is 4.92 Å². The first-order chi connectivity index (χ1) is 9.19. The smallest absolute Gasteiger partial charge is 0.272 e. The number of hydrogen-bond acceptors (Lipinski definition) is 3. The molecule has 0 saturated carbocycles. The molecule has 1 unspecified atom stereocenters. The Balaban J connectivity index is 2.57. The number of benzene rings is 1. The van der Waals surface area contributed by atoms with E-state index in [4.69, 9.17) is 0 Å². The molecule has 19 heavy (non-hydrogen) atoms. The molecule has 0 bridgehead atoms. The summed E-state index contributed by atoms with van der Waals surface area (Å²) in [5.74, 6) is 0. The largest absolute Gasteiger partial charge is 0.317 e. The molecule has 4 heteroatoms. The maximum atomic E-state index is 11.0. The van der Waals surface area contributed by atoms with Crippen LogP contribution in [0.3, 0.4) is 0 Å². The van der Waals surface area contributed by atoms with Crippen molar-refractivity contribution in [1.29, 1.82) is 0 Å². The van der Waals surface area contributed by atoms with Crippen molar-refractivity contribution in [3.8, 4) is 0 Å². The molecular formula is C15H24N2O2. The van der Waals surface area contributed by atoms with Crippen molar-refractivity contribution in [2.24, 2.45) is 0 Å². The van der Waals surface area contributed by atoms with Crippen LogP contribution in [0.4, 0.5) is 5.69 Å². The highest BCUT2D eigenvalue weighted by molar-refractivity contribution is 5.40. The van der Waals surface area contributed by atoms with E-state index < -0.39 is 0 Å². The summed E-state index contributed by atoms with van der Waals surface area (Å²) < 4.78 is 0. The summed E-state index contributed by atoms with van der Waals surface area (Å²) in [5.41, 5.74) is 1.05. The Morgan fingerprint density at radius 3 is 2.63 bits per heavy atom. The van der Waals surface area contributed by atoms with Gasteiger partial charge in [-0.2, -0.15) is 0 Å². The minimum Gasteiger partial charge on any atom is -0.317 e. The zero-order valence-corrected chi connectivity index (χ0v) is 11.9. The Bertz CT molecular complexity index is 393. The first kappa shape index (κ1) is 15.6. The molecule has 0 amide bonds. The predicted octanol–water partition coefficient (Wildman–Crippen LogP) is 3.70. The van der Waals surface area contributed by atoms with E-state index in [-0.39, 0.29) is 10.6 Å². The van der Waals surface area contributed by atoms with E-state index in [2.05, 4.69) is 12.2 Å². The molecule has 4 nitrogen and oxygen atoms in total. The van der Waals surface area contributed by atoms with Crippen LogP contribution >= 0.6 is 0 Å². The molecule has 1 N–H and O–H groups in total. The standard InChI is InChI=1S/C15H24N2O2/c1-3-4-5-6-10-14(16-2)12-13-9-7-8-11-15(13)17(18)19/h7-9,11,14,16H,3-6,10,12H2,1-2H3. The zero-order valence-electron chi connectivity index (χ0n) is 11.9. The van der Waals surface area contributed by atoms with Gasteiger partial charge in [-0.3, -0.25) is 10.1 Å². The van der Waals surface area contributed by atoms with E-state index in [1.165, 1.54) is 25.7 Å². The van der Waals surface area contributed by atoms with Gasteiger partial charge < -0.3 is 5.32 Å². The summed E-state index contributed by atoms with van der Waals surface area (Å²) in [7, 11) is 1.93. The van der Waals surface area contributed by atoms with E-state index >= 15 is 0 Å². The quantitative estimate of drug-likeness (QED) is 0.420. The van der Waals surface area contributed by atoms with Crippen molar-refractivity contribution in [2.75, 3.05) is 7.05 Å². The van der Waals surface area contributed by atoms with Gasteiger partial charge in [0.05, 0.1) is 4.92 Å². The highest BCUT2D eigenvalue weighted by Gasteiger charge is 2.16. The van der Waals surface area contributed by atoms with Crippen molar-refractivity contribution >= 4 is 5.69 Å². The number of nitro benzene ring substituents is 1. The van der Waals surface area contributed by atoms with Gasteiger partial charge in [0.15, 0.2) is 0 Å². The van der Waals surface area contributed by atoms with Crippen LogP contribution in [-0.2, 0) is 6.42 Å². The molecular weight excluding hydrogens is 240 g/mol. The third-order valence-electron chi connectivity index (χ3n) is 3.47. The third kappa shape index (κ3) is 5.39. The van der Waals surface area contributed by atoms with Gasteiger partial charge in [0.2, 0.25) is 0 Å². The van der Waals surface area contributed by atoms with Gasteiger partial charge >= 0.3 is 0 Å². The minimum atomic E-state index is -0.293. The van der Waals surface area contributed by atoms with Gasteiger partial charge in [-0.05, 0) is 19.9 Å². The molecule has 0 aliphatic heterocycles. The fraction of sp³-hybridized carbons (Fsp3) is 0.600. The van der Waals surface area contributed by atoms with Crippen LogP contribution in [0.2, 0.25) is 0 Å². The molecule has 1 atom stereocenters. The van der Waals surface area contributed by atoms with Gasteiger partial charge in [-0.25, -0.2) is 0 Å². The Hall–Kier alpha value is -1.42. The van der Waals surface area contributed by atoms with Crippen molar-refractivity contribution in [3.63, 3.8) is 0 Å². The lowest BCUT2D eigenvalue weighted by Gasteiger charge is -2.16.